The lowest BCUT2D eigenvalue weighted by Crippen LogP contribution is -2.17. The predicted molar refractivity (Wildman–Crippen MR) is 107 cm³/mol. The van der Waals surface area contributed by atoms with E-state index in [1.807, 2.05) is 0 Å². The third-order valence-corrected chi connectivity index (χ3v) is 8.59. The van der Waals surface area contributed by atoms with Gasteiger partial charge in [0, 0.05) is 19.5 Å². The van der Waals surface area contributed by atoms with Gasteiger partial charge in [-0.2, -0.15) is 0 Å². The van der Waals surface area contributed by atoms with Crippen LogP contribution in [-0.4, -0.2) is 6.10 Å². The van der Waals surface area contributed by atoms with Crippen molar-refractivity contribution in [2.45, 2.75) is 69.8 Å². The van der Waals surface area contributed by atoms with Gasteiger partial charge in [0.25, 0.3) is 0 Å². The fraction of sp³-hybridized carbons (Fsp3) is 0.478. The van der Waals surface area contributed by atoms with Crippen molar-refractivity contribution in [3.63, 3.8) is 0 Å². The highest BCUT2D eigenvalue weighted by molar-refractivity contribution is 7.53. The van der Waals surface area contributed by atoms with E-state index in [1.54, 1.807) is 22.3 Å². The topological polar surface area (TPSA) is 9.23 Å². The fourth-order valence-electron chi connectivity index (χ4n) is 4.59. The molecule has 0 aromatic heterocycles. The van der Waals surface area contributed by atoms with E-state index in [9.17, 15) is 0 Å². The zero-order chi connectivity index (χ0) is 17.2. The summed E-state index contributed by atoms with van der Waals surface area (Å²) in [6.45, 7) is 4.41. The van der Waals surface area contributed by atoms with Crippen molar-refractivity contribution >= 4 is 8.15 Å². The predicted octanol–water partition coefficient (Wildman–Crippen LogP) is 6.96. The van der Waals surface area contributed by atoms with E-state index in [2.05, 4.69) is 62.4 Å². The van der Waals surface area contributed by atoms with Gasteiger partial charge in [0.2, 0.25) is 0 Å². The molecule has 0 spiro atoms. The Hall–Kier alpha value is -1.17. The number of aryl methyl sites for hydroxylation is 2. The van der Waals surface area contributed by atoms with Crippen LogP contribution in [0.4, 0.5) is 0 Å². The average Bonchev–Trinajstić information content (AvgIpc) is 2.65. The van der Waals surface area contributed by atoms with Crippen LogP contribution in [0, 0.1) is 0 Å². The lowest BCUT2D eigenvalue weighted by atomic mass is 9.91. The number of hydrogen-bond acceptors (Lipinski definition) is 1. The van der Waals surface area contributed by atoms with Crippen LogP contribution in [0.1, 0.15) is 73.1 Å². The molecule has 0 bridgehead atoms. The van der Waals surface area contributed by atoms with Gasteiger partial charge >= 0.3 is 0 Å². The van der Waals surface area contributed by atoms with Gasteiger partial charge < -0.3 is 4.52 Å². The van der Waals surface area contributed by atoms with Crippen LogP contribution in [0.15, 0.2) is 48.5 Å². The van der Waals surface area contributed by atoms with E-state index >= 15 is 0 Å². The molecule has 25 heavy (non-hydrogen) atoms. The van der Waals surface area contributed by atoms with Crippen LogP contribution in [0.5, 0.6) is 0 Å². The van der Waals surface area contributed by atoms with E-state index in [0.717, 1.165) is 0 Å². The van der Waals surface area contributed by atoms with Crippen LogP contribution in [0.2, 0.25) is 0 Å². The second kappa shape index (κ2) is 7.60. The molecule has 4 rings (SSSR count). The highest BCUT2D eigenvalue weighted by atomic mass is 31.1. The zero-order valence-corrected chi connectivity index (χ0v) is 16.3. The first-order chi connectivity index (χ1) is 12.2. The van der Waals surface area contributed by atoms with Gasteiger partial charge in [-0.3, -0.25) is 0 Å². The van der Waals surface area contributed by atoms with Crippen molar-refractivity contribution in [1.82, 2.24) is 0 Å². The summed E-state index contributed by atoms with van der Waals surface area (Å²) in [7, 11) is -0.510. The Balaban J connectivity index is 1.73. The minimum Gasteiger partial charge on any atom is -0.355 e. The van der Waals surface area contributed by atoms with Gasteiger partial charge in [-0.1, -0.05) is 48.5 Å². The van der Waals surface area contributed by atoms with E-state index in [0.29, 0.717) is 17.4 Å². The molecule has 1 nitrogen and oxygen atoms in total. The lowest BCUT2D eigenvalue weighted by molar-refractivity contribution is 0.259. The van der Waals surface area contributed by atoms with E-state index in [4.69, 9.17) is 4.52 Å². The largest absolute Gasteiger partial charge is 0.355 e. The molecule has 2 aromatic carbocycles. The monoisotopic (exact) mass is 352 g/mol. The molecular formula is C23H29OP. The van der Waals surface area contributed by atoms with Crippen molar-refractivity contribution in [2.24, 2.45) is 0 Å². The molecule has 0 heterocycles. The molecule has 0 amide bonds. The second-order valence-corrected chi connectivity index (χ2v) is 9.91. The number of hydrogen-bond donors (Lipinski definition) is 0. The van der Waals surface area contributed by atoms with E-state index < -0.39 is 8.15 Å². The van der Waals surface area contributed by atoms with Crippen LogP contribution >= 0.6 is 8.15 Å². The Labute approximate surface area is 153 Å². The molecule has 0 saturated heterocycles. The number of rotatable bonds is 4. The molecule has 0 fully saturated rings. The van der Waals surface area contributed by atoms with Crippen molar-refractivity contribution < 1.29 is 4.52 Å². The normalized spacial score (nSPS) is 23.8. The van der Waals surface area contributed by atoms with Gasteiger partial charge in [-0.25, -0.2) is 0 Å². The van der Waals surface area contributed by atoms with Gasteiger partial charge in [-0.15, -0.1) is 0 Å². The Bertz CT molecular complexity index is 666. The quantitative estimate of drug-likeness (QED) is 0.540. The lowest BCUT2D eigenvalue weighted by Gasteiger charge is -2.40. The molecule has 2 unspecified atom stereocenters. The summed E-state index contributed by atoms with van der Waals surface area (Å²) in [5, 5.41) is 0. The Morgan fingerprint density at radius 2 is 1.28 bits per heavy atom. The molecule has 2 aliphatic carbocycles. The van der Waals surface area contributed by atoms with Gasteiger partial charge in [0.05, 0.1) is 6.10 Å². The maximum Gasteiger partial charge on any atom is 0.0562 e. The molecule has 2 atom stereocenters. The van der Waals surface area contributed by atoms with Crippen molar-refractivity contribution in [2.75, 3.05) is 0 Å². The summed E-state index contributed by atoms with van der Waals surface area (Å²) in [4.78, 5) is 0. The summed E-state index contributed by atoms with van der Waals surface area (Å²) in [5.41, 5.74) is 7.45. The molecular weight excluding hydrogens is 323 g/mol. The molecule has 2 heteroatoms. The fourth-order valence-corrected chi connectivity index (χ4v) is 7.73. The maximum absolute atomic E-state index is 6.71. The van der Waals surface area contributed by atoms with Crippen LogP contribution < -0.4 is 0 Å². The minimum atomic E-state index is -0.510. The third-order valence-electron chi connectivity index (χ3n) is 5.62. The molecule has 2 aromatic rings. The number of fused-ring (bicyclic) bond motifs is 2. The minimum absolute atomic E-state index is 0.300. The maximum atomic E-state index is 6.71. The highest BCUT2D eigenvalue weighted by Crippen LogP contribution is 2.68. The SMILES string of the molecule is CC(C)OP(C1CCCc2ccccc21)C1CCCc2ccccc21. The Kier molecular flexibility index (Phi) is 5.25. The summed E-state index contributed by atoms with van der Waals surface area (Å²) in [5.74, 6) is 0. The van der Waals surface area contributed by atoms with Crippen molar-refractivity contribution in [1.29, 1.82) is 0 Å². The van der Waals surface area contributed by atoms with E-state index in [-0.39, 0.29) is 0 Å². The molecule has 2 aliphatic rings. The van der Waals surface area contributed by atoms with Gasteiger partial charge in [0.1, 0.15) is 0 Å². The first-order valence-corrected chi connectivity index (χ1v) is 11.2. The molecule has 0 saturated carbocycles. The van der Waals surface area contributed by atoms with Gasteiger partial charge in [0.15, 0.2) is 0 Å². The van der Waals surface area contributed by atoms with Gasteiger partial charge in [-0.05, 0) is 74.6 Å². The summed E-state index contributed by atoms with van der Waals surface area (Å²) >= 11 is 0. The van der Waals surface area contributed by atoms with Crippen LogP contribution in [0.25, 0.3) is 0 Å². The first-order valence-electron chi connectivity index (χ1n) is 9.85. The first kappa shape index (κ1) is 17.3. The van der Waals surface area contributed by atoms with Crippen molar-refractivity contribution in [3.8, 4) is 0 Å². The number of benzene rings is 2. The molecule has 0 radical (unpaired) electrons. The zero-order valence-electron chi connectivity index (χ0n) is 15.4. The van der Waals surface area contributed by atoms with Crippen LogP contribution in [-0.2, 0) is 17.4 Å². The van der Waals surface area contributed by atoms with Crippen LogP contribution in [0.3, 0.4) is 0 Å². The standard InChI is InChI=1S/C23H29OP/c1-17(2)24-25(22-15-7-11-18-9-3-5-13-20(18)22)23-16-8-12-19-10-4-6-14-21(19)23/h3-6,9-10,13-14,17,22-23H,7-8,11-12,15-16H2,1-2H3. The molecule has 132 valence electrons. The molecule has 0 N–H and O–H groups in total. The third kappa shape index (κ3) is 3.55. The van der Waals surface area contributed by atoms with E-state index in [1.165, 1.54) is 38.5 Å². The summed E-state index contributed by atoms with van der Waals surface area (Å²) < 4.78 is 6.71. The Morgan fingerprint density at radius 3 is 1.76 bits per heavy atom. The molecule has 0 aliphatic heterocycles. The Morgan fingerprint density at radius 1 is 0.800 bits per heavy atom. The summed E-state index contributed by atoms with van der Waals surface area (Å²) in [6.07, 6.45) is 7.95. The van der Waals surface area contributed by atoms with Crippen molar-refractivity contribution in [3.05, 3.63) is 70.8 Å². The average molecular weight is 352 g/mol. The second-order valence-electron chi connectivity index (χ2n) is 7.73. The summed E-state index contributed by atoms with van der Waals surface area (Å²) in [6, 6.07) is 18.2. The highest BCUT2D eigenvalue weighted by Gasteiger charge is 2.37. The smallest absolute Gasteiger partial charge is 0.0562 e.